The van der Waals surface area contributed by atoms with Crippen LogP contribution in [0.15, 0.2) is 5.10 Å². The minimum Gasteiger partial charge on any atom is -0.313 e. The first-order valence-electron chi connectivity index (χ1n) is 2.92. The van der Waals surface area contributed by atoms with Gasteiger partial charge in [0.05, 0.1) is 0 Å². The summed E-state index contributed by atoms with van der Waals surface area (Å²) in [4.78, 5) is 1.51. The van der Waals surface area contributed by atoms with Crippen LogP contribution >= 0.6 is 0 Å². The molecule has 9 heavy (non-hydrogen) atoms. The second-order valence-electron chi connectivity index (χ2n) is 1.95. The van der Waals surface area contributed by atoms with Crippen molar-refractivity contribution in [1.29, 1.82) is 0 Å². The van der Waals surface area contributed by atoms with Gasteiger partial charge in [-0.1, -0.05) is 0 Å². The van der Waals surface area contributed by atoms with E-state index in [0.29, 0.717) is 6.54 Å². The first-order chi connectivity index (χ1) is 4.25. The van der Waals surface area contributed by atoms with Crippen molar-refractivity contribution in [2.75, 3.05) is 13.6 Å². The smallest absolute Gasteiger partial charge is 0.264 e. The molecular formula is C5H10FN3. The van der Waals surface area contributed by atoms with E-state index in [0.717, 1.165) is 0 Å². The predicted molar refractivity (Wildman–Crippen MR) is 33.5 cm³/mol. The minimum atomic E-state index is -1.06. The highest BCUT2D eigenvalue weighted by Gasteiger charge is 2.21. The zero-order valence-electron chi connectivity index (χ0n) is 5.58. The topological polar surface area (TPSA) is 18.8 Å². The molecule has 1 rings (SSSR count). The molecule has 0 saturated heterocycles. The number of alkyl halides is 1. The van der Waals surface area contributed by atoms with E-state index in [1.807, 2.05) is 6.92 Å². The zero-order chi connectivity index (χ0) is 6.85. The van der Waals surface area contributed by atoms with Crippen molar-refractivity contribution in [2.45, 2.75) is 13.3 Å². The maximum Gasteiger partial charge on any atom is 0.264 e. The average molecular weight is 131 g/mol. The second-order valence-corrected chi connectivity index (χ2v) is 1.95. The summed E-state index contributed by atoms with van der Waals surface area (Å²) in [5, 5.41) is 5.01. The summed E-state index contributed by atoms with van der Waals surface area (Å²) >= 11 is 0. The van der Waals surface area contributed by atoms with Crippen molar-refractivity contribution in [1.82, 2.24) is 9.91 Å². The van der Waals surface area contributed by atoms with Crippen LogP contribution in [-0.2, 0) is 0 Å². The highest BCUT2D eigenvalue weighted by atomic mass is 19.1. The van der Waals surface area contributed by atoms with Crippen LogP contribution in [0, 0.1) is 0 Å². The Bertz CT molecular complexity index is 125. The summed E-state index contributed by atoms with van der Waals surface area (Å²) < 4.78 is 12.7. The molecule has 1 atom stereocenters. The van der Waals surface area contributed by atoms with E-state index < -0.39 is 6.42 Å². The molecule has 1 heterocycles. The predicted octanol–water partition coefficient (Wildman–Crippen LogP) is 0.450. The van der Waals surface area contributed by atoms with Crippen LogP contribution in [0.25, 0.3) is 0 Å². The quantitative estimate of drug-likeness (QED) is 0.481. The highest BCUT2D eigenvalue weighted by molar-refractivity contribution is 5.56. The van der Waals surface area contributed by atoms with Crippen LogP contribution in [0.4, 0.5) is 4.39 Å². The Morgan fingerprint density at radius 1 is 1.78 bits per heavy atom. The SMILES string of the molecule is CCN1C=NN(C)C1F. The van der Waals surface area contributed by atoms with Crippen molar-refractivity contribution >= 4 is 6.34 Å². The Hall–Kier alpha value is -0.800. The Kier molecular flexibility index (Phi) is 1.55. The highest BCUT2D eigenvalue weighted by Crippen LogP contribution is 2.09. The third-order valence-corrected chi connectivity index (χ3v) is 1.33. The van der Waals surface area contributed by atoms with E-state index in [1.165, 1.54) is 16.2 Å². The summed E-state index contributed by atoms with van der Waals surface area (Å²) in [5.74, 6) is 0. The lowest BCUT2D eigenvalue weighted by Crippen LogP contribution is -2.33. The maximum absolute atomic E-state index is 12.7. The molecule has 1 aliphatic heterocycles. The Morgan fingerprint density at radius 3 is 2.67 bits per heavy atom. The minimum absolute atomic E-state index is 0.662. The first kappa shape index (κ1) is 6.32. The standard InChI is InChI=1S/C5H10FN3/c1-3-9-4-7-8(2)5(9)6/h4-5H,3H2,1-2H3. The largest absolute Gasteiger partial charge is 0.313 e. The monoisotopic (exact) mass is 131 g/mol. The van der Waals surface area contributed by atoms with E-state index in [9.17, 15) is 4.39 Å². The van der Waals surface area contributed by atoms with Crippen LogP contribution in [0.1, 0.15) is 6.92 Å². The maximum atomic E-state index is 12.7. The van der Waals surface area contributed by atoms with Crippen molar-refractivity contribution in [3.05, 3.63) is 0 Å². The van der Waals surface area contributed by atoms with E-state index in [2.05, 4.69) is 5.10 Å². The van der Waals surface area contributed by atoms with E-state index in [-0.39, 0.29) is 0 Å². The molecule has 3 nitrogen and oxygen atoms in total. The van der Waals surface area contributed by atoms with E-state index in [4.69, 9.17) is 0 Å². The number of rotatable bonds is 1. The molecule has 0 aromatic rings. The van der Waals surface area contributed by atoms with Gasteiger partial charge in [0.2, 0.25) is 0 Å². The third kappa shape index (κ3) is 0.966. The molecule has 1 aliphatic rings. The summed E-state index contributed by atoms with van der Waals surface area (Å²) in [7, 11) is 1.61. The average Bonchev–Trinajstić information content (AvgIpc) is 2.15. The van der Waals surface area contributed by atoms with Gasteiger partial charge < -0.3 is 4.90 Å². The zero-order valence-corrected chi connectivity index (χ0v) is 5.58. The molecule has 0 bridgehead atoms. The lowest BCUT2D eigenvalue weighted by molar-refractivity contribution is 0.0371. The number of nitrogens with zero attached hydrogens (tertiary/aromatic N) is 3. The Balaban J connectivity index is 2.51. The summed E-state index contributed by atoms with van der Waals surface area (Å²) in [6, 6.07) is 0. The fourth-order valence-corrected chi connectivity index (χ4v) is 0.705. The second kappa shape index (κ2) is 2.21. The number of halogens is 1. The van der Waals surface area contributed by atoms with Crippen LogP contribution in [-0.4, -0.2) is 36.3 Å². The molecule has 0 aromatic carbocycles. The molecule has 0 amide bonds. The molecule has 0 N–H and O–H groups in total. The van der Waals surface area contributed by atoms with Crippen LogP contribution < -0.4 is 0 Å². The molecule has 4 heteroatoms. The van der Waals surface area contributed by atoms with Gasteiger partial charge in [-0.05, 0) is 6.92 Å². The lowest BCUT2D eigenvalue weighted by Gasteiger charge is -2.18. The van der Waals surface area contributed by atoms with Gasteiger partial charge in [-0.3, -0.25) is 0 Å². The van der Waals surface area contributed by atoms with Crippen LogP contribution in [0.2, 0.25) is 0 Å². The van der Waals surface area contributed by atoms with Gasteiger partial charge >= 0.3 is 0 Å². The van der Waals surface area contributed by atoms with Crippen molar-refractivity contribution in [3.63, 3.8) is 0 Å². The van der Waals surface area contributed by atoms with Crippen LogP contribution in [0.5, 0.6) is 0 Å². The van der Waals surface area contributed by atoms with Gasteiger partial charge in [-0.15, -0.1) is 0 Å². The normalized spacial score (nSPS) is 25.9. The van der Waals surface area contributed by atoms with Gasteiger partial charge in [0.25, 0.3) is 6.42 Å². The summed E-state index contributed by atoms with van der Waals surface area (Å²) in [6.45, 7) is 2.55. The fraction of sp³-hybridized carbons (Fsp3) is 0.800. The summed E-state index contributed by atoms with van der Waals surface area (Å²) in [6.07, 6.45) is 0.444. The van der Waals surface area contributed by atoms with Gasteiger partial charge in [0.1, 0.15) is 6.34 Å². The van der Waals surface area contributed by atoms with E-state index >= 15 is 0 Å². The Labute approximate surface area is 53.7 Å². The molecule has 52 valence electrons. The molecule has 0 aromatic heterocycles. The Morgan fingerprint density at radius 2 is 2.44 bits per heavy atom. The lowest BCUT2D eigenvalue weighted by atomic mass is 10.6. The van der Waals surface area contributed by atoms with Crippen molar-refractivity contribution in [2.24, 2.45) is 5.10 Å². The van der Waals surface area contributed by atoms with E-state index in [1.54, 1.807) is 7.05 Å². The molecule has 0 saturated carbocycles. The van der Waals surface area contributed by atoms with Crippen LogP contribution in [0.3, 0.4) is 0 Å². The summed E-state index contributed by atoms with van der Waals surface area (Å²) in [5.41, 5.74) is 0. The van der Waals surface area contributed by atoms with Gasteiger partial charge in [-0.25, -0.2) is 5.01 Å². The fourth-order valence-electron chi connectivity index (χ4n) is 0.705. The van der Waals surface area contributed by atoms with Crippen molar-refractivity contribution < 1.29 is 4.39 Å². The van der Waals surface area contributed by atoms with Gasteiger partial charge in [0.15, 0.2) is 0 Å². The molecule has 1 unspecified atom stereocenters. The van der Waals surface area contributed by atoms with Crippen molar-refractivity contribution in [3.8, 4) is 0 Å². The molecule has 0 aliphatic carbocycles. The number of hydrogen-bond acceptors (Lipinski definition) is 3. The third-order valence-electron chi connectivity index (χ3n) is 1.33. The molecular weight excluding hydrogens is 121 g/mol. The number of hydrazone groups is 1. The van der Waals surface area contributed by atoms with Gasteiger partial charge in [-0.2, -0.15) is 9.49 Å². The molecule has 0 radical (unpaired) electrons. The number of hydrogen-bond donors (Lipinski definition) is 0. The van der Waals surface area contributed by atoms with Gasteiger partial charge in [0, 0.05) is 13.6 Å². The molecule has 0 fully saturated rings. The molecule has 0 spiro atoms. The first-order valence-corrected chi connectivity index (χ1v) is 2.92.